The van der Waals surface area contributed by atoms with E-state index in [1.54, 1.807) is 6.20 Å². The maximum Gasteiger partial charge on any atom is 0.228 e. The largest absolute Gasteiger partial charge is 0.333 e. The molecule has 2 rings (SSSR count). The summed E-state index contributed by atoms with van der Waals surface area (Å²) in [4.78, 5) is 11.9. The van der Waals surface area contributed by atoms with Gasteiger partial charge in [-0.15, -0.1) is 6.58 Å². The fraction of sp³-hybridized carbons (Fsp3) is 0.286. The standard InChI is InChI=1S/C19H21NO.C2H6/c1-2-3-4-7-13-20-19(21)15-16-9-8-12-17-10-5-6-11-18(17)14-16;1-2/h2,5-11,13-14H,1,3-4,12,15H2,(H,20,21);1-2H3/b13-7+;. The van der Waals surface area contributed by atoms with Crippen molar-refractivity contribution in [1.82, 2.24) is 5.32 Å². The molecule has 0 heterocycles. The Morgan fingerprint density at radius 3 is 2.83 bits per heavy atom. The smallest absolute Gasteiger partial charge is 0.228 e. The number of amides is 1. The zero-order valence-electron chi connectivity index (χ0n) is 14.2. The van der Waals surface area contributed by atoms with Gasteiger partial charge in [0.15, 0.2) is 0 Å². The van der Waals surface area contributed by atoms with Gasteiger partial charge in [-0.2, -0.15) is 0 Å². The maximum absolute atomic E-state index is 11.9. The molecule has 1 aliphatic rings. The van der Waals surface area contributed by atoms with Gasteiger partial charge in [-0.1, -0.05) is 68.5 Å². The van der Waals surface area contributed by atoms with Crippen molar-refractivity contribution in [2.45, 2.75) is 39.5 Å². The summed E-state index contributed by atoms with van der Waals surface area (Å²) in [6, 6.07) is 8.30. The highest BCUT2D eigenvalue weighted by atomic mass is 16.1. The minimum absolute atomic E-state index is 0.0140. The number of carbonyl (C=O) groups excluding carboxylic acids is 1. The molecule has 1 N–H and O–H groups in total. The third kappa shape index (κ3) is 6.96. The van der Waals surface area contributed by atoms with Gasteiger partial charge >= 0.3 is 0 Å². The van der Waals surface area contributed by atoms with E-state index in [9.17, 15) is 4.79 Å². The number of allylic oxidation sites excluding steroid dienone is 4. The average molecular weight is 309 g/mol. The summed E-state index contributed by atoms with van der Waals surface area (Å²) < 4.78 is 0. The van der Waals surface area contributed by atoms with E-state index in [1.807, 2.05) is 44.2 Å². The summed E-state index contributed by atoms with van der Waals surface area (Å²) in [5.41, 5.74) is 3.54. The van der Waals surface area contributed by atoms with Crippen LogP contribution in [-0.2, 0) is 11.2 Å². The van der Waals surface area contributed by atoms with Crippen molar-refractivity contribution in [2.24, 2.45) is 0 Å². The quantitative estimate of drug-likeness (QED) is 0.568. The topological polar surface area (TPSA) is 29.1 Å². The van der Waals surface area contributed by atoms with Crippen molar-refractivity contribution < 1.29 is 4.79 Å². The predicted molar refractivity (Wildman–Crippen MR) is 99.9 cm³/mol. The molecule has 23 heavy (non-hydrogen) atoms. The first-order chi connectivity index (χ1) is 11.3. The molecule has 2 nitrogen and oxygen atoms in total. The Bertz CT molecular complexity index is 594. The molecular weight excluding hydrogens is 282 g/mol. The number of carbonyl (C=O) groups is 1. The summed E-state index contributed by atoms with van der Waals surface area (Å²) in [5.74, 6) is 0.0140. The van der Waals surface area contributed by atoms with Crippen molar-refractivity contribution in [1.29, 1.82) is 0 Å². The fourth-order valence-electron chi connectivity index (χ4n) is 2.24. The molecule has 2 heteroatoms. The summed E-state index contributed by atoms with van der Waals surface area (Å²) >= 11 is 0. The van der Waals surface area contributed by atoms with Gasteiger partial charge in [0.05, 0.1) is 6.42 Å². The molecule has 0 aliphatic heterocycles. The van der Waals surface area contributed by atoms with Gasteiger partial charge in [0.1, 0.15) is 0 Å². The van der Waals surface area contributed by atoms with Crippen LogP contribution in [-0.4, -0.2) is 5.91 Å². The Morgan fingerprint density at radius 1 is 1.26 bits per heavy atom. The number of hydrogen-bond donors (Lipinski definition) is 1. The lowest BCUT2D eigenvalue weighted by Crippen LogP contribution is -2.16. The van der Waals surface area contributed by atoms with E-state index in [0.29, 0.717) is 6.42 Å². The van der Waals surface area contributed by atoms with Crippen LogP contribution in [0.1, 0.15) is 44.2 Å². The first kappa shape index (κ1) is 18.7. The third-order valence-electron chi connectivity index (χ3n) is 3.33. The molecule has 0 saturated heterocycles. The van der Waals surface area contributed by atoms with E-state index in [0.717, 1.165) is 24.8 Å². The number of hydrogen-bond acceptors (Lipinski definition) is 1. The maximum atomic E-state index is 11.9. The molecule has 0 unspecified atom stereocenters. The first-order valence-electron chi connectivity index (χ1n) is 8.30. The number of nitrogens with one attached hydrogen (secondary N) is 1. The average Bonchev–Trinajstić information content (AvgIpc) is 2.78. The van der Waals surface area contributed by atoms with Gasteiger partial charge in [-0.3, -0.25) is 4.79 Å². The molecule has 0 saturated carbocycles. The van der Waals surface area contributed by atoms with E-state index in [1.165, 1.54) is 11.1 Å². The lowest BCUT2D eigenvalue weighted by atomic mass is 10.0. The lowest BCUT2D eigenvalue weighted by molar-refractivity contribution is -0.119. The first-order valence-corrected chi connectivity index (χ1v) is 8.30. The fourth-order valence-corrected chi connectivity index (χ4v) is 2.24. The van der Waals surface area contributed by atoms with Crippen LogP contribution in [0.5, 0.6) is 0 Å². The third-order valence-corrected chi connectivity index (χ3v) is 3.33. The van der Waals surface area contributed by atoms with Crippen molar-refractivity contribution in [3.63, 3.8) is 0 Å². The van der Waals surface area contributed by atoms with E-state index in [-0.39, 0.29) is 5.91 Å². The molecule has 122 valence electrons. The van der Waals surface area contributed by atoms with E-state index < -0.39 is 0 Å². The van der Waals surface area contributed by atoms with Crippen molar-refractivity contribution >= 4 is 12.0 Å². The highest BCUT2D eigenvalue weighted by Gasteiger charge is 2.07. The van der Waals surface area contributed by atoms with Gasteiger partial charge in [0.2, 0.25) is 5.91 Å². The van der Waals surface area contributed by atoms with Crippen LogP contribution >= 0.6 is 0 Å². The second-order valence-electron chi connectivity index (χ2n) is 5.04. The summed E-state index contributed by atoms with van der Waals surface area (Å²) in [6.45, 7) is 7.66. The Kier molecular flexibility index (Phi) is 9.14. The molecule has 0 radical (unpaired) electrons. The Hall–Kier alpha value is -2.35. The summed E-state index contributed by atoms with van der Waals surface area (Å²) in [7, 11) is 0. The SMILES string of the molecule is C=CCC/C=C/NC(=O)CC1=Cc2ccccc2CC=C1.CC. The monoisotopic (exact) mass is 309 g/mol. The molecular formula is C21H27NO. The highest BCUT2D eigenvalue weighted by Crippen LogP contribution is 2.20. The lowest BCUT2D eigenvalue weighted by Gasteiger charge is -2.03. The van der Waals surface area contributed by atoms with Crippen LogP contribution < -0.4 is 5.32 Å². The Balaban J connectivity index is 0.00000127. The molecule has 1 aliphatic carbocycles. The van der Waals surface area contributed by atoms with Crippen LogP contribution in [0.4, 0.5) is 0 Å². The number of unbranched alkanes of at least 4 members (excludes halogenated alkanes) is 1. The molecule has 1 aromatic carbocycles. The highest BCUT2D eigenvalue weighted by molar-refractivity contribution is 5.82. The van der Waals surface area contributed by atoms with Gasteiger partial charge in [0, 0.05) is 0 Å². The normalized spacial score (nSPS) is 12.5. The van der Waals surface area contributed by atoms with Crippen molar-refractivity contribution in [3.05, 3.63) is 78.0 Å². The van der Waals surface area contributed by atoms with Gasteiger partial charge in [-0.25, -0.2) is 0 Å². The minimum atomic E-state index is 0.0140. The molecule has 0 aromatic heterocycles. The molecule has 0 spiro atoms. The summed E-state index contributed by atoms with van der Waals surface area (Å²) in [5, 5.41) is 2.80. The van der Waals surface area contributed by atoms with Crippen molar-refractivity contribution in [3.8, 4) is 0 Å². The molecule has 1 aromatic rings. The van der Waals surface area contributed by atoms with Crippen LogP contribution in [0.25, 0.3) is 6.08 Å². The zero-order chi connectivity index (χ0) is 16.9. The zero-order valence-corrected chi connectivity index (χ0v) is 14.2. The minimum Gasteiger partial charge on any atom is -0.333 e. The molecule has 1 amide bonds. The van der Waals surface area contributed by atoms with Crippen LogP contribution in [0.2, 0.25) is 0 Å². The van der Waals surface area contributed by atoms with Crippen LogP contribution in [0, 0.1) is 0 Å². The van der Waals surface area contributed by atoms with Gasteiger partial charge in [-0.05, 0) is 42.2 Å². The van der Waals surface area contributed by atoms with E-state index in [2.05, 4.69) is 36.2 Å². The number of rotatable bonds is 6. The van der Waals surface area contributed by atoms with Gasteiger partial charge < -0.3 is 5.32 Å². The predicted octanol–water partition coefficient (Wildman–Crippen LogP) is 5.19. The Labute approximate surface area is 140 Å². The van der Waals surface area contributed by atoms with E-state index >= 15 is 0 Å². The Morgan fingerprint density at radius 2 is 2.04 bits per heavy atom. The summed E-state index contributed by atoms with van der Waals surface area (Å²) in [6.07, 6.45) is 14.9. The molecule has 0 fully saturated rings. The molecule has 0 atom stereocenters. The van der Waals surface area contributed by atoms with Crippen LogP contribution in [0.15, 0.2) is 66.9 Å². The second kappa shape index (κ2) is 11.2. The molecule has 0 bridgehead atoms. The van der Waals surface area contributed by atoms with Crippen LogP contribution in [0.3, 0.4) is 0 Å². The second-order valence-corrected chi connectivity index (χ2v) is 5.04. The van der Waals surface area contributed by atoms with Gasteiger partial charge in [0.25, 0.3) is 0 Å². The van der Waals surface area contributed by atoms with Crippen molar-refractivity contribution in [2.75, 3.05) is 0 Å². The van der Waals surface area contributed by atoms with E-state index in [4.69, 9.17) is 0 Å². The number of benzene rings is 1. The number of fused-ring (bicyclic) bond motifs is 1.